The third-order valence-corrected chi connectivity index (χ3v) is 5.27. The monoisotopic (exact) mass is 384 g/mol. The van der Waals surface area contributed by atoms with E-state index in [1.165, 1.54) is 0 Å². The third-order valence-electron chi connectivity index (χ3n) is 5.02. The molecule has 1 aromatic carbocycles. The highest BCUT2D eigenvalue weighted by Gasteiger charge is 2.22. The van der Waals surface area contributed by atoms with Gasteiger partial charge in [0.2, 0.25) is 0 Å². The van der Waals surface area contributed by atoms with Gasteiger partial charge in [0.05, 0.1) is 23.6 Å². The van der Waals surface area contributed by atoms with E-state index in [0.717, 1.165) is 31.7 Å². The van der Waals surface area contributed by atoms with E-state index in [0.29, 0.717) is 27.6 Å². The van der Waals surface area contributed by atoms with Crippen LogP contribution in [0, 0.1) is 0 Å². The lowest BCUT2D eigenvalue weighted by Crippen LogP contribution is -2.47. The third kappa shape index (κ3) is 3.43. The molecule has 1 fully saturated rings. The minimum absolute atomic E-state index is 0.00985. The fourth-order valence-electron chi connectivity index (χ4n) is 3.40. The number of hydrogen-bond acceptors (Lipinski definition) is 4. The molecule has 1 saturated heterocycles. The van der Waals surface area contributed by atoms with Gasteiger partial charge < -0.3 is 19.3 Å². The average molecular weight is 385 g/mol. The van der Waals surface area contributed by atoms with Gasteiger partial charge in [0.15, 0.2) is 0 Å². The lowest BCUT2D eigenvalue weighted by molar-refractivity contribution is 0.0663. The molecule has 140 valence electrons. The van der Waals surface area contributed by atoms with Gasteiger partial charge in [-0.2, -0.15) is 0 Å². The highest BCUT2D eigenvalue weighted by Crippen LogP contribution is 2.26. The van der Waals surface area contributed by atoms with Crippen molar-refractivity contribution in [1.29, 1.82) is 0 Å². The van der Waals surface area contributed by atoms with Gasteiger partial charge in [-0.15, -0.1) is 0 Å². The Hall–Kier alpha value is -2.41. The summed E-state index contributed by atoms with van der Waals surface area (Å²) in [6.45, 7) is 3.02. The number of fused-ring (bicyclic) bond motifs is 1. The van der Waals surface area contributed by atoms with Crippen LogP contribution in [0.3, 0.4) is 0 Å². The number of amides is 1. The molecule has 0 spiro atoms. The number of rotatable bonds is 3. The van der Waals surface area contributed by atoms with Crippen LogP contribution in [-0.4, -0.2) is 63.4 Å². The number of aromatic nitrogens is 2. The molecule has 2 aromatic heterocycles. The van der Waals surface area contributed by atoms with Crippen molar-refractivity contribution >= 4 is 23.2 Å². The van der Waals surface area contributed by atoms with Crippen molar-refractivity contribution in [2.75, 3.05) is 33.2 Å². The van der Waals surface area contributed by atoms with E-state index in [4.69, 9.17) is 11.6 Å². The predicted octanol–water partition coefficient (Wildman–Crippen LogP) is 2.53. The number of aliphatic hydroxyl groups is 1. The Morgan fingerprint density at radius 1 is 1.11 bits per heavy atom. The van der Waals surface area contributed by atoms with Crippen molar-refractivity contribution in [3.8, 4) is 11.3 Å². The number of carbonyl (C=O) groups excluding carboxylic acids is 1. The predicted molar refractivity (Wildman–Crippen MR) is 105 cm³/mol. The first kappa shape index (κ1) is 18.0. The minimum Gasteiger partial charge on any atom is -0.390 e. The van der Waals surface area contributed by atoms with Crippen LogP contribution >= 0.6 is 11.6 Å². The first-order valence-corrected chi connectivity index (χ1v) is 9.30. The normalized spacial score (nSPS) is 15.4. The molecule has 7 heteroatoms. The van der Waals surface area contributed by atoms with Crippen LogP contribution in [0.2, 0.25) is 5.02 Å². The molecule has 1 N–H and O–H groups in total. The molecule has 0 atom stereocenters. The van der Waals surface area contributed by atoms with Crippen LogP contribution in [-0.2, 0) is 6.61 Å². The molecule has 0 radical (unpaired) electrons. The maximum Gasteiger partial charge on any atom is 0.255 e. The van der Waals surface area contributed by atoms with Crippen LogP contribution in [0.15, 0.2) is 42.6 Å². The second-order valence-corrected chi connectivity index (χ2v) is 7.25. The Bertz CT molecular complexity index is 976. The summed E-state index contributed by atoms with van der Waals surface area (Å²) < 4.78 is 1.80. The van der Waals surface area contributed by atoms with E-state index >= 15 is 0 Å². The van der Waals surface area contributed by atoms with Crippen LogP contribution < -0.4 is 0 Å². The standard InChI is InChI=1S/C20H21ClN4O2/c1-23-8-10-24(11-9-23)20(27)15-4-7-18-22-19(17(13-26)25(18)12-15)14-2-5-16(21)6-3-14/h2-7,12,26H,8-11,13H2,1H3. The molecule has 27 heavy (non-hydrogen) atoms. The second-order valence-electron chi connectivity index (χ2n) is 6.81. The van der Waals surface area contributed by atoms with Crippen molar-refractivity contribution in [2.45, 2.75) is 6.61 Å². The summed E-state index contributed by atoms with van der Waals surface area (Å²) in [5, 5.41) is 10.6. The van der Waals surface area contributed by atoms with Gasteiger partial charge in [-0.3, -0.25) is 4.79 Å². The number of aliphatic hydroxyl groups excluding tert-OH is 1. The van der Waals surface area contributed by atoms with E-state index < -0.39 is 0 Å². The summed E-state index contributed by atoms with van der Waals surface area (Å²) in [6, 6.07) is 11.0. The van der Waals surface area contributed by atoms with Gasteiger partial charge in [-0.1, -0.05) is 23.7 Å². The number of carbonyl (C=O) groups is 1. The van der Waals surface area contributed by atoms with E-state index in [9.17, 15) is 9.90 Å². The zero-order chi connectivity index (χ0) is 19.0. The summed E-state index contributed by atoms with van der Waals surface area (Å²) in [5.41, 5.74) is 3.51. The van der Waals surface area contributed by atoms with E-state index in [2.05, 4.69) is 16.9 Å². The zero-order valence-electron chi connectivity index (χ0n) is 15.1. The molecule has 3 aromatic rings. The molecule has 3 heterocycles. The van der Waals surface area contributed by atoms with E-state index in [1.807, 2.05) is 23.1 Å². The Balaban J connectivity index is 1.71. The van der Waals surface area contributed by atoms with Crippen LogP contribution in [0.25, 0.3) is 16.9 Å². The van der Waals surface area contributed by atoms with Gasteiger partial charge in [0.25, 0.3) is 5.91 Å². The SMILES string of the molecule is CN1CCN(C(=O)c2ccc3nc(-c4ccc(Cl)cc4)c(CO)n3c2)CC1. The number of imidazole rings is 1. The number of piperazine rings is 1. The first-order chi connectivity index (χ1) is 13.1. The largest absolute Gasteiger partial charge is 0.390 e. The lowest BCUT2D eigenvalue weighted by atomic mass is 10.1. The number of nitrogens with zero attached hydrogens (tertiary/aromatic N) is 4. The van der Waals surface area contributed by atoms with Crippen LogP contribution in [0.4, 0.5) is 0 Å². The molecule has 1 aliphatic heterocycles. The number of pyridine rings is 1. The summed E-state index contributed by atoms with van der Waals surface area (Å²) in [6.07, 6.45) is 1.77. The van der Waals surface area contributed by atoms with Crippen molar-refractivity contribution in [2.24, 2.45) is 0 Å². The molecule has 0 unspecified atom stereocenters. The van der Waals surface area contributed by atoms with Gasteiger partial charge in [-0.25, -0.2) is 4.98 Å². The zero-order valence-corrected chi connectivity index (χ0v) is 15.9. The van der Waals surface area contributed by atoms with Gasteiger partial charge in [-0.05, 0) is 31.3 Å². The molecule has 4 rings (SSSR count). The number of halogens is 1. The molecular formula is C20H21ClN4O2. The Morgan fingerprint density at radius 2 is 1.81 bits per heavy atom. The number of likely N-dealkylation sites (N-methyl/N-ethyl adjacent to an activating group) is 1. The maximum absolute atomic E-state index is 12.9. The van der Waals surface area contributed by atoms with Gasteiger partial charge in [0, 0.05) is 43.0 Å². The highest BCUT2D eigenvalue weighted by atomic mass is 35.5. The van der Waals surface area contributed by atoms with Crippen molar-refractivity contribution in [3.63, 3.8) is 0 Å². The molecule has 1 amide bonds. The van der Waals surface area contributed by atoms with Crippen molar-refractivity contribution in [1.82, 2.24) is 19.2 Å². The smallest absolute Gasteiger partial charge is 0.255 e. The second kappa shape index (κ2) is 7.31. The minimum atomic E-state index is -0.175. The Labute approximate surface area is 162 Å². The quantitative estimate of drug-likeness (QED) is 0.753. The lowest BCUT2D eigenvalue weighted by Gasteiger charge is -2.32. The Kier molecular flexibility index (Phi) is 4.86. The van der Waals surface area contributed by atoms with E-state index in [1.54, 1.807) is 28.8 Å². The highest BCUT2D eigenvalue weighted by molar-refractivity contribution is 6.30. The van der Waals surface area contributed by atoms with Gasteiger partial charge >= 0.3 is 0 Å². The van der Waals surface area contributed by atoms with Crippen LogP contribution in [0.5, 0.6) is 0 Å². The fourth-order valence-corrected chi connectivity index (χ4v) is 3.53. The maximum atomic E-state index is 12.9. The average Bonchev–Trinajstić information content (AvgIpc) is 3.06. The molecule has 0 aliphatic carbocycles. The topological polar surface area (TPSA) is 61.1 Å². The summed E-state index contributed by atoms with van der Waals surface area (Å²) in [4.78, 5) is 21.6. The molecule has 0 bridgehead atoms. The van der Waals surface area contributed by atoms with Crippen LogP contribution in [0.1, 0.15) is 16.1 Å². The van der Waals surface area contributed by atoms with E-state index in [-0.39, 0.29) is 12.5 Å². The Morgan fingerprint density at radius 3 is 2.48 bits per heavy atom. The molecule has 0 saturated carbocycles. The number of benzene rings is 1. The summed E-state index contributed by atoms with van der Waals surface area (Å²) in [7, 11) is 2.06. The van der Waals surface area contributed by atoms with Crippen molar-refractivity contribution in [3.05, 3.63) is 58.9 Å². The summed E-state index contributed by atoms with van der Waals surface area (Å²) in [5.74, 6) is 0.00985. The molecule has 1 aliphatic rings. The first-order valence-electron chi connectivity index (χ1n) is 8.92. The van der Waals surface area contributed by atoms with Crippen molar-refractivity contribution < 1.29 is 9.90 Å². The summed E-state index contributed by atoms with van der Waals surface area (Å²) >= 11 is 5.97. The fraction of sp³-hybridized carbons (Fsp3) is 0.300. The van der Waals surface area contributed by atoms with Gasteiger partial charge in [0.1, 0.15) is 5.65 Å². The molecule has 6 nitrogen and oxygen atoms in total. The molecular weight excluding hydrogens is 364 g/mol. The number of hydrogen-bond donors (Lipinski definition) is 1.